The van der Waals surface area contributed by atoms with Crippen LogP contribution in [0, 0.1) is 5.92 Å². The fourth-order valence-electron chi connectivity index (χ4n) is 5.78. The number of anilines is 1. The van der Waals surface area contributed by atoms with Crippen LogP contribution in [0.5, 0.6) is 5.75 Å². The van der Waals surface area contributed by atoms with Crippen LogP contribution in [0.25, 0.3) is 10.9 Å². The van der Waals surface area contributed by atoms with Crippen molar-refractivity contribution in [3.8, 4) is 5.75 Å². The van der Waals surface area contributed by atoms with Crippen LogP contribution >= 0.6 is 0 Å². The molecule has 0 saturated carbocycles. The van der Waals surface area contributed by atoms with E-state index < -0.39 is 12.1 Å². The Kier molecular flexibility index (Phi) is 6.54. The van der Waals surface area contributed by atoms with Gasteiger partial charge in [-0.05, 0) is 65.9 Å². The Labute approximate surface area is 232 Å². The van der Waals surface area contributed by atoms with Crippen LogP contribution in [-0.2, 0) is 11.2 Å². The molecule has 0 aliphatic carbocycles. The maximum atomic E-state index is 14.0. The molecule has 2 aliphatic heterocycles. The highest BCUT2D eigenvalue weighted by molar-refractivity contribution is 6.22. The molecule has 6 rings (SSSR count). The molecule has 4 amide bonds. The van der Waals surface area contributed by atoms with Crippen molar-refractivity contribution in [2.75, 3.05) is 18.6 Å². The zero-order chi connectivity index (χ0) is 28.0. The van der Waals surface area contributed by atoms with Gasteiger partial charge in [0.2, 0.25) is 0 Å². The third-order valence-electron chi connectivity index (χ3n) is 7.88. The number of aromatic nitrogens is 1. The van der Waals surface area contributed by atoms with Crippen molar-refractivity contribution in [1.29, 1.82) is 0 Å². The summed E-state index contributed by atoms with van der Waals surface area (Å²) in [5.74, 6) is 0.767. The number of nitrogens with zero attached hydrogens (tertiary/aromatic N) is 2. The first-order valence-corrected chi connectivity index (χ1v) is 13.6. The van der Waals surface area contributed by atoms with E-state index in [0.717, 1.165) is 34.1 Å². The summed E-state index contributed by atoms with van der Waals surface area (Å²) < 4.78 is 5.35. The molecule has 0 bridgehead atoms. The predicted molar refractivity (Wildman–Crippen MR) is 154 cm³/mol. The second-order valence-electron chi connectivity index (χ2n) is 10.8. The van der Waals surface area contributed by atoms with Crippen molar-refractivity contribution in [2.24, 2.45) is 5.92 Å². The lowest BCUT2D eigenvalue weighted by Crippen LogP contribution is -2.44. The predicted octanol–water partition coefficient (Wildman–Crippen LogP) is 5.44. The number of carbonyl (C=O) groups excluding carboxylic acids is 3. The number of benzene rings is 3. The van der Waals surface area contributed by atoms with Crippen molar-refractivity contribution in [2.45, 2.75) is 38.8 Å². The largest absolute Gasteiger partial charge is 0.497 e. The number of amides is 4. The number of imide groups is 1. The van der Waals surface area contributed by atoms with Gasteiger partial charge in [-0.1, -0.05) is 44.2 Å². The summed E-state index contributed by atoms with van der Waals surface area (Å²) in [5.41, 5.74) is 4.76. The zero-order valence-corrected chi connectivity index (χ0v) is 22.8. The number of rotatable bonds is 7. The first kappa shape index (κ1) is 25.7. The number of hydrogen-bond donors (Lipinski definition) is 2. The number of H-pyrrole nitrogens is 1. The lowest BCUT2D eigenvalue weighted by molar-refractivity contribution is -0.120. The van der Waals surface area contributed by atoms with Gasteiger partial charge in [0.1, 0.15) is 17.8 Å². The van der Waals surface area contributed by atoms with Crippen molar-refractivity contribution in [1.82, 2.24) is 15.2 Å². The smallest absolute Gasteiger partial charge is 0.332 e. The highest BCUT2D eigenvalue weighted by Gasteiger charge is 2.53. The van der Waals surface area contributed by atoms with Gasteiger partial charge in [0.05, 0.1) is 12.8 Å². The van der Waals surface area contributed by atoms with E-state index >= 15 is 0 Å². The lowest BCUT2D eigenvalue weighted by Gasteiger charge is -2.36. The van der Waals surface area contributed by atoms with Gasteiger partial charge < -0.3 is 15.0 Å². The molecule has 4 aromatic rings. The third-order valence-corrected chi connectivity index (χ3v) is 7.88. The number of hydrogen-bond acceptors (Lipinski definition) is 4. The van der Waals surface area contributed by atoms with E-state index in [1.54, 1.807) is 36.3 Å². The Balaban J connectivity index is 1.35. The van der Waals surface area contributed by atoms with Crippen LogP contribution in [0.15, 0.2) is 72.8 Å². The Morgan fingerprint density at radius 2 is 1.75 bits per heavy atom. The summed E-state index contributed by atoms with van der Waals surface area (Å²) in [4.78, 5) is 46.9. The molecule has 0 unspecified atom stereocenters. The minimum absolute atomic E-state index is 0.173. The lowest BCUT2D eigenvalue weighted by atomic mass is 9.89. The molecule has 1 saturated heterocycles. The van der Waals surface area contributed by atoms with E-state index in [1.165, 1.54) is 4.90 Å². The number of nitrogens with one attached hydrogen (secondary N) is 2. The van der Waals surface area contributed by atoms with Gasteiger partial charge in [-0.15, -0.1) is 0 Å². The van der Waals surface area contributed by atoms with Crippen LogP contribution < -0.4 is 15.0 Å². The van der Waals surface area contributed by atoms with Crippen LogP contribution in [0.4, 0.5) is 10.5 Å². The maximum Gasteiger partial charge on any atom is 0.332 e. The van der Waals surface area contributed by atoms with E-state index in [9.17, 15) is 14.4 Å². The summed E-state index contributed by atoms with van der Waals surface area (Å²) >= 11 is 0. The molecule has 204 valence electrons. The fraction of sp³-hybridized carbons (Fsp3) is 0.281. The molecule has 3 heterocycles. The van der Waals surface area contributed by atoms with Gasteiger partial charge >= 0.3 is 6.03 Å². The Hall–Kier alpha value is -4.59. The van der Waals surface area contributed by atoms with E-state index in [4.69, 9.17) is 4.74 Å². The summed E-state index contributed by atoms with van der Waals surface area (Å²) in [7, 11) is 1.61. The summed E-state index contributed by atoms with van der Waals surface area (Å²) in [5, 5.41) is 3.98. The zero-order valence-electron chi connectivity index (χ0n) is 22.8. The molecule has 40 heavy (non-hydrogen) atoms. The van der Waals surface area contributed by atoms with Gasteiger partial charge in [0.15, 0.2) is 0 Å². The second kappa shape index (κ2) is 10.2. The highest BCUT2D eigenvalue weighted by atomic mass is 16.5. The molecular weight excluding hydrogens is 504 g/mol. The highest BCUT2D eigenvalue weighted by Crippen LogP contribution is 2.45. The number of carbonyl (C=O) groups is 3. The standard InChI is InChI=1S/C32H32N4O4/c1-19(2)16-17-33-30(37)21-8-12-22(13-9-21)35-31(38)27-18-25-24-6-4-5-7-26(24)34-28(25)29(36(27)32(35)39)20-10-14-23(40-3)15-11-20/h4-15,19,27,29,34H,16-18H2,1-3H3,(H,33,37)/t27-,29-/m0/s1. The van der Waals surface area contributed by atoms with Gasteiger partial charge in [-0.2, -0.15) is 0 Å². The normalized spacial score (nSPS) is 18.3. The van der Waals surface area contributed by atoms with Crippen molar-refractivity contribution in [3.05, 3.63) is 95.2 Å². The number of para-hydroxylation sites is 1. The summed E-state index contributed by atoms with van der Waals surface area (Å²) in [6.07, 6.45) is 1.31. The minimum Gasteiger partial charge on any atom is -0.497 e. The topological polar surface area (TPSA) is 94.7 Å². The molecule has 8 nitrogen and oxygen atoms in total. The molecule has 0 radical (unpaired) electrons. The molecule has 8 heteroatoms. The third kappa shape index (κ3) is 4.29. The van der Waals surface area contributed by atoms with Crippen molar-refractivity contribution < 1.29 is 19.1 Å². The first-order chi connectivity index (χ1) is 19.4. The van der Waals surface area contributed by atoms with E-state index in [2.05, 4.69) is 30.2 Å². The van der Waals surface area contributed by atoms with Gasteiger partial charge in [-0.25, -0.2) is 9.69 Å². The Morgan fingerprint density at radius 1 is 1.02 bits per heavy atom. The number of methoxy groups -OCH3 is 1. The van der Waals surface area contributed by atoms with Crippen LogP contribution in [-0.4, -0.2) is 47.4 Å². The molecule has 3 aromatic carbocycles. The number of ether oxygens (including phenoxy) is 1. The Morgan fingerprint density at radius 3 is 2.45 bits per heavy atom. The van der Waals surface area contributed by atoms with E-state index in [-0.39, 0.29) is 17.8 Å². The van der Waals surface area contributed by atoms with E-state index in [1.807, 2.05) is 42.5 Å². The molecule has 2 atom stereocenters. The second-order valence-corrected chi connectivity index (χ2v) is 10.8. The number of fused-ring (bicyclic) bond motifs is 4. The number of aromatic amines is 1. The minimum atomic E-state index is -0.648. The molecule has 2 N–H and O–H groups in total. The van der Waals surface area contributed by atoms with Crippen LogP contribution in [0.3, 0.4) is 0 Å². The maximum absolute atomic E-state index is 14.0. The van der Waals surface area contributed by atoms with Crippen LogP contribution in [0.2, 0.25) is 0 Å². The molecule has 0 spiro atoms. The first-order valence-electron chi connectivity index (χ1n) is 13.6. The van der Waals surface area contributed by atoms with Gasteiger partial charge in [0, 0.05) is 35.1 Å². The number of urea groups is 1. The molecule has 2 aliphatic rings. The summed E-state index contributed by atoms with van der Waals surface area (Å²) in [6, 6.07) is 20.8. The molecule has 1 aromatic heterocycles. The van der Waals surface area contributed by atoms with Crippen molar-refractivity contribution in [3.63, 3.8) is 0 Å². The monoisotopic (exact) mass is 536 g/mol. The SMILES string of the molecule is COc1ccc([C@H]2c3[nH]c4ccccc4c3C[C@H]3C(=O)N(c4ccc(C(=O)NCCC(C)C)cc4)C(=O)N23)cc1. The van der Waals surface area contributed by atoms with Crippen molar-refractivity contribution >= 4 is 34.4 Å². The summed E-state index contributed by atoms with van der Waals surface area (Å²) in [6.45, 7) is 4.81. The van der Waals surface area contributed by atoms with E-state index in [0.29, 0.717) is 35.9 Å². The van der Waals surface area contributed by atoms with Gasteiger partial charge in [-0.3, -0.25) is 14.5 Å². The average molecular weight is 537 g/mol. The van der Waals surface area contributed by atoms with Crippen LogP contribution in [0.1, 0.15) is 53.5 Å². The molecular formula is C32H32N4O4. The fourth-order valence-corrected chi connectivity index (χ4v) is 5.78. The Bertz CT molecular complexity index is 1590. The van der Waals surface area contributed by atoms with Gasteiger partial charge in [0.25, 0.3) is 11.8 Å². The average Bonchev–Trinajstić information content (AvgIpc) is 3.46. The molecule has 1 fully saturated rings. The quantitative estimate of drug-likeness (QED) is 0.308.